The van der Waals surface area contributed by atoms with Gasteiger partial charge in [-0.25, -0.2) is 0 Å². The topological polar surface area (TPSA) is 17.1 Å². The number of carbonyl (C=O) groups excluding carboxylic acids is 1. The van der Waals surface area contributed by atoms with Crippen LogP contribution in [0.3, 0.4) is 0 Å². The van der Waals surface area contributed by atoms with Crippen LogP contribution in [0.25, 0.3) is 10.8 Å². The molecule has 0 atom stereocenters. The van der Waals surface area contributed by atoms with Gasteiger partial charge in [0.1, 0.15) is 5.78 Å². The number of ketones is 1. The first-order valence-electron chi connectivity index (χ1n) is 6.19. The molecule has 0 heterocycles. The third-order valence-corrected chi connectivity index (χ3v) is 2.97. The molecule has 0 aliphatic heterocycles. The minimum absolute atomic E-state index is 0.258. The molecule has 0 saturated heterocycles. The van der Waals surface area contributed by atoms with Crippen LogP contribution in [0.1, 0.15) is 25.3 Å². The van der Waals surface area contributed by atoms with Crippen molar-refractivity contribution < 1.29 is 4.79 Å². The smallest absolute Gasteiger partial charge is 0.138 e. The van der Waals surface area contributed by atoms with Crippen molar-refractivity contribution in [3.8, 4) is 11.8 Å². The van der Waals surface area contributed by atoms with Gasteiger partial charge in [0.15, 0.2) is 0 Å². The molecule has 0 spiro atoms. The van der Waals surface area contributed by atoms with E-state index in [0.717, 1.165) is 5.56 Å². The molecule has 90 valence electrons. The van der Waals surface area contributed by atoms with E-state index in [0.29, 0.717) is 19.3 Å². The van der Waals surface area contributed by atoms with Crippen LogP contribution < -0.4 is 0 Å². The van der Waals surface area contributed by atoms with Crippen molar-refractivity contribution in [3.63, 3.8) is 0 Å². The van der Waals surface area contributed by atoms with Crippen molar-refractivity contribution in [2.45, 2.75) is 26.2 Å². The van der Waals surface area contributed by atoms with E-state index in [4.69, 9.17) is 0 Å². The lowest BCUT2D eigenvalue weighted by molar-refractivity contribution is -0.118. The van der Waals surface area contributed by atoms with Gasteiger partial charge in [-0.05, 0) is 23.3 Å². The standard InChI is InChI=1S/C17H16O/c1-2-3-4-11-16(18)13-15-10-7-9-14-8-5-6-12-17(14)15/h5-10,12H,4,11,13H2,1H3. The second kappa shape index (κ2) is 6.02. The molecule has 1 heteroatoms. The van der Waals surface area contributed by atoms with Gasteiger partial charge in [0, 0.05) is 19.3 Å². The van der Waals surface area contributed by atoms with Crippen molar-refractivity contribution in [3.05, 3.63) is 48.0 Å². The van der Waals surface area contributed by atoms with Crippen LogP contribution in [0.15, 0.2) is 42.5 Å². The minimum Gasteiger partial charge on any atom is -0.299 e. The summed E-state index contributed by atoms with van der Waals surface area (Å²) in [6.07, 6.45) is 1.72. The van der Waals surface area contributed by atoms with Gasteiger partial charge in [-0.1, -0.05) is 42.5 Å². The summed E-state index contributed by atoms with van der Waals surface area (Å²) in [5.74, 6) is 6.00. The summed E-state index contributed by atoms with van der Waals surface area (Å²) >= 11 is 0. The highest BCUT2D eigenvalue weighted by Gasteiger charge is 2.06. The van der Waals surface area contributed by atoms with Crippen LogP contribution in [0, 0.1) is 11.8 Å². The first-order valence-corrected chi connectivity index (χ1v) is 6.19. The Labute approximate surface area is 108 Å². The third-order valence-electron chi connectivity index (χ3n) is 2.97. The number of rotatable bonds is 4. The summed E-state index contributed by atoms with van der Waals surface area (Å²) in [7, 11) is 0. The molecule has 18 heavy (non-hydrogen) atoms. The Hall–Kier alpha value is -2.07. The maximum Gasteiger partial charge on any atom is 0.138 e. The maximum atomic E-state index is 11.9. The van der Waals surface area contributed by atoms with E-state index < -0.39 is 0 Å². The number of benzene rings is 2. The van der Waals surface area contributed by atoms with Gasteiger partial charge in [-0.2, -0.15) is 0 Å². The molecule has 2 aromatic carbocycles. The van der Waals surface area contributed by atoms with E-state index in [-0.39, 0.29) is 5.78 Å². The van der Waals surface area contributed by atoms with Crippen molar-refractivity contribution in [2.75, 3.05) is 0 Å². The van der Waals surface area contributed by atoms with Crippen molar-refractivity contribution in [1.82, 2.24) is 0 Å². The average Bonchev–Trinajstić information content (AvgIpc) is 2.39. The Morgan fingerprint density at radius 1 is 1.11 bits per heavy atom. The Morgan fingerprint density at radius 2 is 1.89 bits per heavy atom. The molecule has 2 rings (SSSR count). The summed E-state index contributed by atoms with van der Waals surface area (Å²) in [6, 6.07) is 14.3. The first-order chi connectivity index (χ1) is 8.81. The fourth-order valence-electron chi connectivity index (χ4n) is 2.07. The van der Waals surface area contributed by atoms with E-state index in [1.165, 1.54) is 10.8 Å². The van der Waals surface area contributed by atoms with Crippen molar-refractivity contribution in [2.24, 2.45) is 0 Å². The number of fused-ring (bicyclic) bond motifs is 1. The minimum atomic E-state index is 0.258. The first kappa shape index (κ1) is 12.4. The van der Waals surface area contributed by atoms with Gasteiger partial charge in [0.05, 0.1) is 0 Å². The Kier molecular flexibility index (Phi) is 4.15. The van der Waals surface area contributed by atoms with E-state index in [1.54, 1.807) is 6.92 Å². The molecule has 0 amide bonds. The number of hydrogen-bond donors (Lipinski definition) is 0. The number of Topliss-reactive ketones (excluding diaryl/α,β-unsaturated/α-hetero) is 1. The van der Waals surface area contributed by atoms with Crippen molar-refractivity contribution >= 4 is 16.6 Å². The van der Waals surface area contributed by atoms with Gasteiger partial charge < -0.3 is 0 Å². The molecule has 0 radical (unpaired) electrons. The summed E-state index contributed by atoms with van der Waals surface area (Å²) in [5, 5.41) is 2.37. The SMILES string of the molecule is CC#CCCC(=O)Cc1cccc2ccccc12. The summed E-state index contributed by atoms with van der Waals surface area (Å²) < 4.78 is 0. The molecule has 0 saturated carbocycles. The van der Waals surface area contributed by atoms with Crippen molar-refractivity contribution in [1.29, 1.82) is 0 Å². The normalized spacial score (nSPS) is 9.83. The predicted octanol–water partition coefficient (Wildman–Crippen LogP) is 3.75. The molecule has 0 N–H and O–H groups in total. The highest BCUT2D eigenvalue weighted by Crippen LogP contribution is 2.19. The van der Waals surface area contributed by atoms with Crippen LogP contribution in [0.4, 0.5) is 0 Å². The van der Waals surface area contributed by atoms with Gasteiger partial charge in [-0.15, -0.1) is 11.8 Å². The molecule has 0 aromatic heterocycles. The second-order valence-electron chi connectivity index (χ2n) is 4.28. The van der Waals surface area contributed by atoms with Crippen LogP contribution in [-0.4, -0.2) is 5.78 Å². The van der Waals surface area contributed by atoms with Gasteiger partial charge >= 0.3 is 0 Å². The number of hydrogen-bond acceptors (Lipinski definition) is 1. The maximum absolute atomic E-state index is 11.9. The van der Waals surface area contributed by atoms with E-state index in [1.807, 2.05) is 24.3 Å². The predicted molar refractivity (Wildman–Crippen MR) is 75.3 cm³/mol. The lowest BCUT2D eigenvalue weighted by Gasteiger charge is -2.05. The second-order valence-corrected chi connectivity index (χ2v) is 4.28. The van der Waals surface area contributed by atoms with Gasteiger partial charge in [0.2, 0.25) is 0 Å². The van der Waals surface area contributed by atoms with E-state index >= 15 is 0 Å². The highest BCUT2D eigenvalue weighted by atomic mass is 16.1. The fourth-order valence-corrected chi connectivity index (χ4v) is 2.07. The molecular weight excluding hydrogens is 220 g/mol. The molecule has 0 aliphatic carbocycles. The molecule has 0 fully saturated rings. The molecule has 0 unspecified atom stereocenters. The lowest BCUT2D eigenvalue weighted by Crippen LogP contribution is -2.02. The molecule has 0 aliphatic rings. The zero-order valence-electron chi connectivity index (χ0n) is 10.6. The monoisotopic (exact) mass is 236 g/mol. The quantitative estimate of drug-likeness (QED) is 0.739. The average molecular weight is 236 g/mol. The number of carbonyl (C=O) groups is 1. The van der Waals surface area contributed by atoms with Crippen LogP contribution in [0.2, 0.25) is 0 Å². The van der Waals surface area contributed by atoms with Crippen LogP contribution in [-0.2, 0) is 11.2 Å². The third kappa shape index (κ3) is 2.99. The molecule has 1 nitrogen and oxygen atoms in total. The van der Waals surface area contributed by atoms with E-state index in [9.17, 15) is 4.79 Å². The largest absolute Gasteiger partial charge is 0.299 e. The molecule has 2 aromatic rings. The zero-order chi connectivity index (χ0) is 12.8. The van der Waals surface area contributed by atoms with Gasteiger partial charge in [0.25, 0.3) is 0 Å². The van der Waals surface area contributed by atoms with E-state index in [2.05, 4.69) is 30.0 Å². The molecule has 0 bridgehead atoms. The Morgan fingerprint density at radius 3 is 2.72 bits per heavy atom. The summed E-state index contributed by atoms with van der Waals surface area (Å²) in [4.78, 5) is 11.9. The highest BCUT2D eigenvalue weighted by molar-refractivity contribution is 5.90. The zero-order valence-corrected chi connectivity index (χ0v) is 10.6. The Bertz CT molecular complexity index is 609. The Balaban J connectivity index is 2.15. The molecular formula is C17H16O. The lowest BCUT2D eigenvalue weighted by atomic mass is 9.99. The summed E-state index contributed by atoms with van der Waals surface area (Å²) in [5.41, 5.74) is 1.11. The summed E-state index contributed by atoms with van der Waals surface area (Å²) in [6.45, 7) is 1.80. The van der Waals surface area contributed by atoms with Crippen LogP contribution >= 0.6 is 0 Å². The van der Waals surface area contributed by atoms with Gasteiger partial charge in [-0.3, -0.25) is 4.79 Å². The van der Waals surface area contributed by atoms with Crippen LogP contribution in [0.5, 0.6) is 0 Å². The fraction of sp³-hybridized carbons (Fsp3) is 0.235.